The number of hydrazine groups is 1. The number of likely N-dealkylation sites (N-methyl/N-ethyl adjacent to an activating group) is 1. The molecule has 4 aromatic rings. The number of rotatable bonds is 9. The van der Waals surface area contributed by atoms with Crippen LogP contribution >= 0.6 is 0 Å². The van der Waals surface area contributed by atoms with Crippen LogP contribution in [0.2, 0.25) is 0 Å². The first-order chi connectivity index (χ1) is 27.2. The Kier molecular flexibility index (Phi) is 12.4. The number of phenolic OH excluding ortho intramolecular Hbond substituents is 1. The van der Waals surface area contributed by atoms with Gasteiger partial charge in [-0.15, -0.1) is 0 Å². The highest BCUT2D eigenvalue weighted by molar-refractivity contribution is 5.96. The molecular formula is C44H56N6O7. The van der Waals surface area contributed by atoms with Gasteiger partial charge in [0.1, 0.15) is 23.9 Å². The minimum atomic E-state index is -1.09. The lowest BCUT2D eigenvalue weighted by atomic mass is 9.84. The van der Waals surface area contributed by atoms with Crippen LogP contribution in [0.3, 0.4) is 0 Å². The van der Waals surface area contributed by atoms with Gasteiger partial charge >= 0.3 is 5.97 Å². The molecule has 2 aliphatic heterocycles. The summed E-state index contributed by atoms with van der Waals surface area (Å²) in [4.78, 5) is 59.7. The molecule has 3 amide bonds. The van der Waals surface area contributed by atoms with E-state index in [0.29, 0.717) is 44.3 Å². The summed E-state index contributed by atoms with van der Waals surface area (Å²) in [7, 11) is 3.21. The second-order valence-corrected chi connectivity index (χ2v) is 16.5. The third-order valence-electron chi connectivity index (χ3n) is 11.2. The van der Waals surface area contributed by atoms with Crippen molar-refractivity contribution in [3.05, 3.63) is 71.5 Å². The minimum Gasteiger partial charge on any atom is -0.508 e. The number of aromatic hydroxyl groups is 1. The monoisotopic (exact) mass is 780 g/mol. The molecule has 2 aliphatic rings. The van der Waals surface area contributed by atoms with E-state index in [0.717, 1.165) is 44.5 Å². The Labute approximate surface area is 334 Å². The van der Waals surface area contributed by atoms with Crippen LogP contribution in [0.5, 0.6) is 5.75 Å². The molecule has 0 spiro atoms. The second-order valence-electron chi connectivity index (χ2n) is 16.5. The molecule has 13 nitrogen and oxygen atoms in total. The van der Waals surface area contributed by atoms with Crippen molar-refractivity contribution in [2.75, 3.05) is 27.3 Å². The van der Waals surface area contributed by atoms with Gasteiger partial charge in [0, 0.05) is 61.7 Å². The smallest absolute Gasteiger partial charge is 0.324 e. The molecule has 1 saturated heterocycles. The third-order valence-corrected chi connectivity index (χ3v) is 11.2. The van der Waals surface area contributed by atoms with Crippen molar-refractivity contribution in [2.45, 2.75) is 98.0 Å². The molecule has 2 aromatic heterocycles. The highest BCUT2D eigenvalue weighted by Crippen LogP contribution is 2.42. The van der Waals surface area contributed by atoms with Crippen LogP contribution in [0.25, 0.3) is 33.3 Å². The predicted molar refractivity (Wildman–Crippen MR) is 218 cm³/mol. The Bertz CT molecular complexity index is 2140. The van der Waals surface area contributed by atoms with Crippen LogP contribution in [0.15, 0.2) is 54.7 Å². The van der Waals surface area contributed by atoms with E-state index in [1.165, 1.54) is 17.0 Å². The number of methoxy groups -OCH3 is 1. The van der Waals surface area contributed by atoms with Crippen LogP contribution < -0.4 is 10.7 Å². The van der Waals surface area contributed by atoms with Gasteiger partial charge in [0.15, 0.2) is 0 Å². The van der Waals surface area contributed by atoms with Crippen LogP contribution in [-0.4, -0.2) is 94.2 Å². The molecule has 6 rings (SSSR count). The lowest BCUT2D eigenvalue weighted by Crippen LogP contribution is -2.61. The minimum absolute atomic E-state index is 0.0101. The van der Waals surface area contributed by atoms with E-state index in [-0.39, 0.29) is 30.8 Å². The number of aromatic nitrogens is 2. The van der Waals surface area contributed by atoms with E-state index in [1.54, 1.807) is 25.4 Å². The molecule has 2 aromatic carbocycles. The summed E-state index contributed by atoms with van der Waals surface area (Å²) in [6.07, 6.45) is 3.70. The summed E-state index contributed by atoms with van der Waals surface area (Å²) < 4.78 is 14.1. The van der Waals surface area contributed by atoms with Crippen molar-refractivity contribution >= 4 is 35.1 Å². The van der Waals surface area contributed by atoms with Gasteiger partial charge in [-0.2, -0.15) is 0 Å². The highest BCUT2D eigenvalue weighted by Gasteiger charge is 2.37. The fraction of sp³-hybridized carbons (Fsp3) is 0.477. The summed E-state index contributed by atoms with van der Waals surface area (Å²) in [6.45, 7) is 13.0. The molecule has 57 heavy (non-hydrogen) atoms. The van der Waals surface area contributed by atoms with E-state index in [1.807, 2.05) is 39.0 Å². The largest absolute Gasteiger partial charge is 0.508 e. The topological polar surface area (TPSA) is 155 Å². The molecule has 1 fully saturated rings. The highest BCUT2D eigenvalue weighted by atomic mass is 16.5. The number of nitrogens with one attached hydrogen (secondary N) is 2. The number of hydrogen-bond donors (Lipinski definition) is 3. The fourth-order valence-electron chi connectivity index (χ4n) is 8.35. The molecule has 3 N–H and O–H groups in total. The zero-order valence-corrected chi connectivity index (χ0v) is 34.3. The zero-order chi connectivity index (χ0) is 41.2. The van der Waals surface area contributed by atoms with Gasteiger partial charge in [0.25, 0.3) is 5.91 Å². The molecule has 4 heterocycles. The quantitative estimate of drug-likeness (QED) is 0.146. The van der Waals surface area contributed by atoms with E-state index < -0.39 is 41.3 Å². The first kappa shape index (κ1) is 41.4. The first-order valence-corrected chi connectivity index (χ1v) is 19.8. The number of pyridine rings is 1. The third kappa shape index (κ3) is 8.69. The summed E-state index contributed by atoms with van der Waals surface area (Å²) in [5, 5.41) is 16.5. The number of phenols is 1. The van der Waals surface area contributed by atoms with Gasteiger partial charge < -0.3 is 29.4 Å². The van der Waals surface area contributed by atoms with Crippen molar-refractivity contribution in [2.24, 2.45) is 11.3 Å². The zero-order valence-electron chi connectivity index (χ0n) is 34.3. The Hall–Kier alpha value is -5.27. The predicted octanol–water partition coefficient (Wildman–Crippen LogP) is 5.56. The number of benzene rings is 2. The lowest BCUT2D eigenvalue weighted by molar-refractivity contribution is -0.155. The molecule has 0 aliphatic carbocycles. The normalized spacial score (nSPS) is 19.8. The summed E-state index contributed by atoms with van der Waals surface area (Å²) in [5.74, 6) is -1.62. The van der Waals surface area contributed by atoms with E-state index in [4.69, 9.17) is 14.5 Å². The average molecular weight is 781 g/mol. The number of carbonyl (C=O) groups excluding carboxylic acids is 4. The van der Waals surface area contributed by atoms with Crippen molar-refractivity contribution in [3.8, 4) is 28.1 Å². The number of amides is 3. The van der Waals surface area contributed by atoms with Crippen molar-refractivity contribution in [1.29, 1.82) is 0 Å². The number of nitrogens with zero attached hydrogens (tertiary/aromatic N) is 4. The molecule has 0 saturated carbocycles. The molecule has 0 radical (unpaired) electrons. The number of aryl methyl sites for hydroxylation is 1. The first-order valence-electron chi connectivity index (χ1n) is 19.8. The second kappa shape index (κ2) is 17.1. The Morgan fingerprint density at radius 3 is 2.63 bits per heavy atom. The summed E-state index contributed by atoms with van der Waals surface area (Å²) in [6, 6.07) is 12.8. The number of hydrogen-bond acceptors (Lipinski definition) is 9. The average Bonchev–Trinajstić information content (AvgIpc) is 3.49. The Morgan fingerprint density at radius 2 is 1.93 bits per heavy atom. The maximum absolute atomic E-state index is 14.4. The van der Waals surface area contributed by atoms with Crippen molar-refractivity contribution < 1.29 is 33.8 Å². The molecule has 13 heteroatoms. The molecule has 4 atom stereocenters. The Balaban J connectivity index is 1.54. The van der Waals surface area contributed by atoms with E-state index in [9.17, 15) is 24.3 Å². The maximum atomic E-state index is 14.4. The van der Waals surface area contributed by atoms with E-state index in [2.05, 4.69) is 54.3 Å². The molecular weight excluding hydrogens is 725 g/mol. The number of carbonyl (C=O) groups is 4. The summed E-state index contributed by atoms with van der Waals surface area (Å²) in [5.41, 5.74) is 9.67. The molecule has 6 bridgehead atoms. The Morgan fingerprint density at radius 1 is 1.16 bits per heavy atom. The van der Waals surface area contributed by atoms with Crippen molar-refractivity contribution in [3.63, 3.8) is 0 Å². The number of esters is 1. The van der Waals surface area contributed by atoms with Gasteiger partial charge in [-0.1, -0.05) is 39.8 Å². The van der Waals surface area contributed by atoms with Crippen LogP contribution in [0.4, 0.5) is 0 Å². The van der Waals surface area contributed by atoms with Gasteiger partial charge in [-0.25, -0.2) is 5.43 Å². The number of ether oxygens (including phenoxy) is 2. The lowest BCUT2D eigenvalue weighted by Gasteiger charge is -2.36. The van der Waals surface area contributed by atoms with Crippen molar-refractivity contribution in [1.82, 2.24) is 30.2 Å². The fourth-order valence-corrected chi connectivity index (χ4v) is 8.35. The van der Waals surface area contributed by atoms with Crippen LogP contribution in [-0.2, 0) is 48.0 Å². The van der Waals surface area contributed by atoms with E-state index >= 15 is 0 Å². The maximum Gasteiger partial charge on any atom is 0.324 e. The molecule has 0 unspecified atom stereocenters. The van der Waals surface area contributed by atoms with Crippen LogP contribution in [0, 0.1) is 11.3 Å². The summed E-state index contributed by atoms with van der Waals surface area (Å²) >= 11 is 0. The van der Waals surface area contributed by atoms with Gasteiger partial charge in [-0.05, 0) is 97.7 Å². The van der Waals surface area contributed by atoms with Gasteiger partial charge in [0.05, 0.1) is 24.1 Å². The number of cyclic esters (lactones) is 1. The number of fused-ring (bicyclic) bond motifs is 6. The van der Waals surface area contributed by atoms with Gasteiger partial charge in [0.2, 0.25) is 12.3 Å². The van der Waals surface area contributed by atoms with Crippen LogP contribution in [0.1, 0.15) is 77.3 Å². The molecule has 304 valence electrons. The standard InChI is InChI=1S/C44H56N6O7/c1-9-49-37-15-14-29-22-33(37)34(40(49)32-12-10-16-45-38(32)27(4)56-8)23-44(5,6)24-57-43(55)35-13-11-17-50(47-35)42(54)36(20-28-18-30(29)21-31(52)19-28)46-41(53)39(26(2)3)48(7)25-51/h10,12,14-16,18-19,21-22,25-27,35-36,39,47,52H,9,11,13,17,20,23-24H2,1-8H3,(H,46,53)/t27-,35-,36-,39-/m0/s1. The van der Waals surface area contributed by atoms with Gasteiger partial charge in [-0.3, -0.25) is 29.2 Å². The SMILES string of the molecule is CCn1c(-c2cccnc2[C@H](C)OC)c2c3cc(ccc31)-c1cc(O)cc(c1)C[C@H](NC(=O)[C@H](C(C)C)N(C)C=O)C(=O)N1CCC[C@H](N1)C(=O)OCC(C)(C)C2.